The average Bonchev–Trinajstić information content (AvgIpc) is 3.57. The Hall–Kier alpha value is -6.33. The fraction of sp³-hybridized carbons (Fsp3) is 0.163. The lowest BCUT2D eigenvalue weighted by atomic mass is 9.79. The number of aromatic hydroxyl groups is 1. The number of rotatable bonds is 6. The molecular weight excluding hydrogens is 661 g/mol. The standard InChI is InChI=1S/C49H44N4O/c1-48(2,3)37-30-40(45(54)41(31-37)49(4,5)6)46-52-44-39(25-27-51-47(44)53(46)43-23-14-13-22-38(43)33-18-11-8-12-19-33)35-20-15-21-36(28-35)42-29-34(24-26-50-42)32-16-9-7-10-17-32/h7-31,54H,1-6H3. The minimum atomic E-state index is -0.311. The van der Waals surface area contributed by atoms with Gasteiger partial charge in [0.1, 0.15) is 11.3 Å². The number of phenolic OH excluding ortho intramolecular Hbond substituents is 1. The van der Waals surface area contributed by atoms with Crippen molar-refractivity contribution in [2.45, 2.75) is 52.4 Å². The van der Waals surface area contributed by atoms with E-state index >= 15 is 0 Å². The Morgan fingerprint density at radius 3 is 1.87 bits per heavy atom. The Kier molecular flexibility index (Phi) is 8.74. The first-order chi connectivity index (χ1) is 26.0. The van der Waals surface area contributed by atoms with Crippen molar-refractivity contribution in [3.8, 4) is 67.5 Å². The molecule has 54 heavy (non-hydrogen) atoms. The summed E-state index contributed by atoms with van der Waals surface area (Å²) < 4.78 is 2.13. The number of aromatic nitrogens is 4. The van der Waals surface area contributed by atoms with E-state index in [-0.39, 0.29) is 16.6 Å². The fourth-order valence-corrected chi connectivity index (χ4v) is 7.20. The highest BCUT2D eigenvalue weighted by molar-refractivity contribution is 5.95. The minimum Gasteiger partial charge on any atom is -0.507 e. The smallest absolute Gasteiger partial charge is 0.165 e. The van der Waals surface area contributed by atoms with Gasteiger partial charge >= 0.3 is 0 Å². The summed E-state index contributed by atoms with van der Waals surface area (Å²) in [5.74, 6) is 0.869. The Balaban J connectivity index is 1.39. The van der Waals surface area contributed by atoms with E-state index in [1.807, 2.05) is 42.7 Å². The van der Waals surface area contributed by atoms with Gasteiger partial charge in [-0.25, -0.2) is 9.97 Å². The molecule has 0 saturated carbocycles. The van der Waals surface area contributed by atoms with Crippen LogP contribution in [0.5, 0.6) is 5.75 Å². The monoisotopic (exact) mass is 704 g/mol. The molecule has 5 heteroatoms. The summed E-state index contributed by atoms with van der Waals surface area (Å²) in [7, 11) is 0. The number of pyridine rings is 2. The molecule has 266 valence electrons. The molecule has 8 aromatic rings. The van der Waals surface area contributed by atoms with E-state index in [1.54, 1.807) is 0 Å². The Bertz CT molecular complexity index is 2630. The van der Waals surface area contributed by atoms with Crippen molar-refractivity contribution in [1.29, 1.82) is 0 Å². The molecule has 3 aromatic heterocycles. The Labute approximate surface area is 317 Å². The highest BCUT2D eigenvalue weighted by Gasteiger charge is 2.29. The second-order valence-corrected chi connectivity index (χ2v) is 16.0. The lowest BCUT2D eigenvalue weighted by molar-refractivity contribution is 0.446. The molecule has 0 radical (unpaired) electrons. The van der Waals surface area contributed by atoms with E-state index in [2.05, 4.69) is 155 Å². The summed E-state index contributed by atoms with van der Waals surface area (Å²) in [4.78, 5) is 15.3. The number of nitrogens with zero attached hydrogens (tertiary/aromatic N) is 4. The topological polar surface area (TPSA) is 63.8 Å². The Morgan fingerprint density at radius 2 is 1.15 bits per heavy atom. The zero-order chi connectivity index (χ0) is 37.6. The third-order valence-electron chi connectivity index (χ3n) is 10.1. The van der Waals surface area contributed by atoms with Crippen LogP contribution in [-0.2, 0) is 10.8 Å². The summed E-state index contributed by atoms with van der Waals surface area (Å²) in [6, 6.07) is 48.1. The van der Waals surface area contributed by atoms with Crippen molar-refractivity contribution in [3.63, 3.8) is 0 Å². The fourth-order valence-electron chi connectivity index (χ4n) is 7.20. The van der Waals surface area contributed by atoms with Gasteiger partial charge in [-0.15, -0.1) is 0 Å². The van der Waals surface area contributed by atoms with E-state index in [4.69, 9.17) is 15.0 Å². The van der Waals surface area contributed by atoms with E-state index in [9.17, 15) is 5.11 Å². The van der Waals surface area contributed by atoms with Crippen LogP contribution in [0.1, 0.15) is 52.7 Å². The van der Waals surface area contributed by atoms with Gasteiger partial charge in [-0.3, -0.25) is 9.55 Å². The molecule has 0 fully saturated rings. The van der Waals surface area contributed by atoms with Crippen molar-refractivity contribution >= 4 is 11.2 Å². The second kappa shape index (κ2) is 13.6. The second-order valence-electron chi connectivity index (χ2n) is 16.0. The van der Waals surface area contributed by atoms with Gasteiger partial charge in [-0.2, -0.15) is 0 Å². The van der Waals surface area contributed by atoms with Crippen LogP contribution in [0.25, 0.3) is 72.9 Å². The average molecular weight is 705 g/mol. The quantitative estimate of drug-likeness (QED) is 0.187. The predicted molar refractivity (Wildman–Crippen MR) is 223 cm³/mol. The zero-order valence-electron chi connectivity index (χ0n) is 31.7. The van der Waals surface area contributed by atoms with Gasteiger partial charge in [-0.05, 0) is 75.0 Å². The van der Waals surface area contributed by atoms with Crippen molar-refractivity contribution in [2.24, 2.45) is 0 Å². The van der Waals surface area contributed by atoms with Crippen LogP contribution >= 0.6 is 0 Å². The molecule has 0 unspecified atom stereocenters. The summed E-state index contributed by atoms with van der Waals surface area (Å²) in [6.07, 6.45) is 3.73. The highest BCUT2D eigenvalue weighted by atomic mass is 16.3. The largest absolute Gasteiger partial charge is 0.507 e. The van der Waals surface area contributed by atoms with Gasteiger partial charge < -0.3 is 5.11 Å². The molecule has 0 amide bonds. The molecule has 0 aliphatic heterocycles. The lowest BCUT2D eigenvalue weighted by Gasteiger charge is -2.27. The summed E-state index contributed by atoms with van der Waals surface area (Å²) in [6.45, 7) is 13.1. The molecule has 0 atom stereocenters. The van der Waals surface area contributed by atoms with Crippen LogP contribution in [0.3, 0.4) is 0 Å². The van der Waals surface area contributed by atoms with Crippen LogP contribution in [0.15, 0.2) is 152 Å². The first kappa shape index (κ1) is 34.7. The van der Waals surface area contributed by atoms with Crippen molar-refractivity contribution in [2.75, 3.05) is 0 Å². The Morgan fingerprint density at radius 1 is 0.500 bits per heavy atom. The molecule has 5 aromatic carbocycles. The van der Waals surface area contributed by atoms with E-state index < -0.39 is 0 Å². The van der Waals surface area contributed by atoms with Gasteiger partial charge in [0.15, 0.2) is 11.5 Å². The minimum absolute atomic E-state index is 0.170. The molecule has 0 saturated heterocycles. The third-order valence-corrected chi connectivity index (χ3v) is 10.1. The maximum atomic E-state index is 12.2. The number of imidazole rings is 1. The first-order valence-electron chi connectivity index (χ1n) is 18.5. The summed E-state index contributed by atoms with van der Waals surface area (Å²) in [5.41, 5.74) is 12.8. The summed E-state index contributed by atoms with van der Waals surface area (Å²) in [5, 5.41) is 12.2. The normalized spacial score (nSPS) is 12.0. The molecule has 1 N–H and O–H groups in total. The van der Waals surface area contributed by atoms with Gasteiger partial charge in [-0.1, -0.05) is 145 Å². The van der Waals surface area contributed by atoms with E-state index in [1.165, 1.54) is 0 Å². The zero-order valence-corrected chi connectivity index (χ0v) is 31.7. The van der Waals surface area contributed by atoms with Crippen molar-refractivity contribution in [1.82, 2.24) is 19.5 Å². The van der Waals surface area contributed by atoms with Gasteiger partial charge in [0.05, 0.1) is 16.9 Å². The predicted octanol–water partition coefficient (Wildman–Crippen LogP) is 12.5. The van der Waals surface area contributed by atoms with Crippen molar-refractivity contribution in [3.05, 3.63) is 163 Å². The molecule has 5 nitrogen and oxygen atoms in total. The van der Waals surface area contributed by atoms with Crippen LogP contribution in [0.4, 0.5) is 0 Å². The number of benzene rings is 5. The number of hydrogen-bond acceptors (Lipinski definition) is 4. The third kappa shape index (κ3) is 6.47. The molecule has 0 spiro atoms. The van der Waals surface area contributed by atoms with Crippen molar-refractivity contribution < 1.29 is 5.11 Å². The number of hydrogen-bond donors (Lipinski definition) is 1. The maximum Gasteiger partial charge on any atom is 0.165 e. The van der Waals surface area contributed by atoms with E-state index in [0.717, 1.165) is 67.0 Å². The van der Waals surface area contributed by atoms with Crippen LogP contribution in [-0.4, -0.2) is 24.6 Å². The van der Waals surface area contributed by atoms with Crippen LogP contribution < -0.4 is 0 Å². The van der Waals surface area contributed by atoms with Crippen LogP contribution in [0, 0.1) is 0 Å². The SMILES string of the molecule is CC(C)(C)c1cc(-c2nc3c(-c4cccc(-c5cc(-c6ccccc6)ccn5)c4)ccnc3n2-c2ccccc2-c2ccccc2)c(O)c(C(C)(C)C)c1. The molecule has 3 heterocycles. The molecule has 0 bridgehead atoms. The van der Waals surface area contributed by atoms with E-state index in [0.29, 0.717) is 17.0 Å². The van der Waals surface area contributed by atoms with Gasteiger partial charge in [0, 0.05) is 34.6 Å². The molecule has 0 aliphatic rings. The highest BCUT2D eigenvalue weighted by Crippen LogP contribution is 2.45. The maximum absolute atomic E-state index is 12.2. The van der Waals surface area contributed by atoms with Gasteiger partial charge in [0.25, 0.3) is 0 Å². The van der Waals surface area contributed by atoms with Gasteiger partial charge in [0.2, 0.25) is 0 Å². The summed E-state index contributed by atoms with van der Waals surface area (Å²) >= 11 is 0. The molecular formula is C49H44N4O. The number of phenols is 1. The number of para-hydroxylation sites is 1. The number of fused-ring (bicyclic) bond motifs is 1. The molecule has 0 aliphatic carbocycles. The lowest BCUT2D eigenvalue weighted by Crippen LogP contribution is -2.17. The first-order valence-corrected chi connectivity index (χ1v) is 18.5. The van der Waals surface area contributed by atoms with Crippen LogP contribution in [0.2, 0.25) is 0 Å². The molecule has 8 rings (SSSR count).